The highest BCUT2D eigenvalue weighted by Crippen LogP contribution is 2.10. The molecule has 0 spiro atoms. The van der Waals surface area contributed by atoms with Gasteiger partial charge >= 0.3 is 0 Å². The summed E-state index contributed by atoms with van der Waals surface area (Å²) in [4.78, 5) is 10.8. The van der Waals surface area contributed by atoms with Crippen LogP contribution in [0, 0.1) is 0 Å². The van der Waals surface area contributed by atoms with Crippen LogP contribution in [0.4, 0.5) is 0 Å². The third-order valence-electron chi connectivity index (χ3n) is 1.13. The molecule has 0 amide bonds. The quantitative estimate of drug-likeness (QED) is 0.481. The molecule has 0 saturated carbocycles. The van der Waals surface area contributed by atoms with Gasteiger partial charge in [0.25, 0.3) is 5.88 Å². The summed E-state index contributed by atoms with van der Waals surface area (Å²) in [7, 11) is 1.44. The predicted molar refractivity (Wildman–Crippen MR) is 37.6 cm³/mol. The van der Waals surface area contributed by atoms with Gasteiger partial charge in [-0.05, 0) is 11.2 Å². The summed E-state index contributed by atoms with van der Waals surface area (Å²) >= 11 is 0. The minimum absolute atomic E-state index is 0.136. The lowest BCUT2D eigenvalue weighted by molar-refractivity contribution is 0.101. The van der Waals surface area contributed by atoms with Gasteiger partial charge in [0.1, 0.15) is 0 Å². The van der Waals surface area contributed by atoms with E-state index in [1.54, 1.807) is 0 Å². The molecule has 0 aromatic carbocycles. The number of hydrogen-bond acceptors (Lipinski definition) is 4. The van der Waals surface area contributed by atoms with Crippen molar-refractivity contribution in [1.29, 1.82) is 0 Å². The summed E-state index contributed by atoms with van der Waals surface area (Å²) < 4.78 is 9.31. The Morgan fingerprint density at radius 1 is 1.91 bits per heavy atom. The van der Waals surface area contributed by atoms with Crippen LogP contribution in [0.2, 0.25) is 0 Å². The number of nitrogens with zero attached hydrogens (tertiary/aromatic N) is 1. The summed E-state index contributed by atoms with van der Waals surface area (Å²) in [6, 6.07) is 1.41. The van der Waals surface area contributed by atoms with Crippen LogP contribution in [0.1, 0.15) is 10.6 Å². The normalized spacial score (nSPS) is 9.18. The third kappa shape index (κ3) is 1.46. The Morgan fingerprint density at radius 3 is 3.09 bits per heavy atom. The van der Waals surface area contributed by atoms with Gasteiger partial charge in [-0.15, -0.1) is 0 Å². The molecule has 1 aromatic heterocycles. The first-order chi connectivity index (χ1) is 5.27. The molecular weight excluding hydrogens is 146 g/mol. The fourth-order valence-corrected chi connectivity index (χ4v) is 0.572. The molecule has 0 radical (unpaired) electrons. The number of carbonyl (C=O) groups excluding carboxylic acids is 1. The summed E-state index contributed by atoms with van der Waals surface area (Å²) in [5.41, 5.74) is 0. The van der Waals surface area contributed by atoms with Crippen LogP contribution in [0.3, 0.4) is 0 Å². The van der Waals surface area contributed by atoms with Crippen LogP contribution in [-0.4, -0.2) is 18.0 Å². The third-order valence-corrected chi connectivity index (χ3v) is 1.13. The molecule has 4 nitrogen and oxygen atoms in total. The minimum Gasteiger partial charge on any atom is -0.479 e. The van der Waals surface area contributed by atoms with Crippen LogP contribution < -0.4 is 4.74 Å². The second-order valence-electron chi connectivity index (χ2n) is 1.80. The van der Waals surface area contributed by atoms with E-state index < -0.39 is 0 Å². The van der Waals surface area contributed by atoms with E-state index in [1.807, 2.05) is 0 Å². The number of aromatic nitrogens is 1. The van der Waals surface area contributed by atoms with Gasteiger partial charge in [0.05, 0.1) is 13.2 Å². The zero-order valence-electron chi connectivity index (χ0n) is 6.03. The van der Waals surface area contributed by atoms with Crippen molar-refractivity contribution in [3.63, 3.8) is 0 Å². The van der Waals surface area contributed by atoms with E-state index in [1.165, 1.54) is 13.2 Å². The predicted octanol–water partition coefficient (Wildman–Crippen LogP) is 1.05. The number of ketones is 1. The Kier molecular flexibility index (Phi) is 2.06. The van der Waals surface area contributed by atoms with E-state index in [4.69, 9.17) is 4.74 Å². The van der Waals surface area contributed by atoms with Gasteiger partial charge in [0.15, 0.2) is 0 Å². The van der Waals surface area contributed by atoms with Crippen molar-refractivity contribution in [2.45, 2.75) is 0 Å². The second kappa shape index (κ2) is 3.01. The Labute approximate surface area is 63.4 Å². The van der Waals surface area contributed by atoms with E-state index in [9.17, 15) is 4.79 Å². The summed E-state index contributed by atoms with van der Waals surface area (Å²) in [6.07, 6.45) is 1.15. The maximum atomic E-state index is 10.8. The topological polar surface area (TPSA) is 52.3 Å². The van der Waals surface area contributed by atoms with Crippen LogP contribution in [0.25, 0.3) is 0 Å². The molecule has 0 saturated heterocycles. The van der Waals surface area contributed by atoms with Crippen LogP contribution >= 0.6 is 0 Å². The van der Waals surface area contributed by atoms with Crippen molar-refractivity contribution < 1.29 is 14.1 Å². The van der Waals surface area contributed by atoms with Crippen molar-refractivity contribution in [3.8, 4) is 5.88 Å². The van der Waals surface area contributed by atoms with Crippen molar-refractivity contribution in [3.05, 3.63) is 24.5 Å². The van der Waals surface area contributed by atoms with Gasteiger partial charge in [-0.3, -0.25) is 4.79 Å². The largest absolute Gasteiger partial charge is 0.479 e. The van der Waals surface area contributed by atoms with Crippen molar-refractivity contribution >= 4 is 5.78 Å². The monoisotopic (exact) mass is 153 g/mol. The highest BCUT2D eigenvalue weighted by molar-refractivity contribution is 6.01. The van der Waals surface area contributed by atoms with E-state index in [0.29, 0.717) is 0 Å². The molecular formula is C7H7NO3. The average Bonchev–Trinajstić information content (AvgIpc) is 2.50. The average molecular weight is 153 g/mol. The van der Waals surface area contributed by atoms with Gasteiger partial charge in [-0.2, -0.15) is 0 Å². The molecule has 0 aliphatic rings. The molecule has 0 N–H and O–H groups in total. The molecule has 0 unspecified atom stereocenters. The molecule has 11 heavy (non-hydrogen) atoms. The lowest BCUT2D eigenvalue weighted by atomic mass is 10.3. The van der Waals surface area contributed by atoms with Gasteiger partial charge in [0, 0.05) is 0 Å². The molecule has 4 heteroatoms. The first-order valence-electron chi connectivity index (χ1n) is 2.95. The Hall–Kier alpha value is -1.58. The van der Waals surface area contributed by atoms with E-state index in [-0.39, 0.29) is 17.4 Å². The minimum atomic E-state index is -0.305. The first kappa shape index (κ1) is 7.53. The first-order valence-corrected chi connectivity index (χ1v) is 2.95. The zero-order valence-corrected chi connectivity index (χ0v) is 6.03. The lowest BCUT2D eigenvalue weighted by Gasteiger charge is -1.83. The Balaban J connectivity index is 2.88. The highest BCUT2D eigenvalue weighted by Gasteiger charge is 2.08. The number of rotatable bonds is 3. The molecule has 0 atom stereocenters. The molecule has 1 rings (SSSR count). The molecule has 0 aliphatic carbocycles. The molecule has 58 valence electrons. The van der Waals surface area contributed by atoms with Gasteiger partial charge in [-0.25, -0.2) is 0 Å². The standard InChI is InChI=1S/C7H7NO3/c1-3-5(9)6-4-7(10-2)8-11-6/h3-4H,1H2,2H3. The van der Waals surface area contributed by atoms with Crippen molar-refractivity contribution in [2.24, 2.45) is 0 Å². The zero-order chi connectivity index (χ0) is 8.27. The van der Waals surface area contributed by atoms with Crippen LogP contribution in [-0.2, 0) is 0 Å². The molecule has 0 bridgehead atoms. The van der Waals surface area contributed by atoms with Crippen LogP contribution in [0.5, 0.6) is 5.88 Å². The second-order valence-corrected chi connectivity index (χ2v) is 1.80. The maximum absolute atomic E-state index is 10.8. The number of hydrogen-bond donors (Lipinski definition) is 0. The van der Waals surface area contributed by atoms with Gasteiger partial charge < -0.3 is 9.26 Å². The molecule has 1 heterocycles. The molecule has 0 aliphatic heterocycles. The smallest absolute Gasteiger partial charge is 0.254 e. The van der Waals surface area contributed by atoms with Gasteiger partial charge in [-0.1, -0.05) is 6.58 Å². The van der Waals surface area contributed by atoms with E-state index in [2.05, 4.69) is 16.3 Å². The van der Waals surface area contributed by atoms with Gasteiger partial charge in [0.2, 0.25) is 11.5 Å². The van der Waals surface area contributed by atoms with Crippen molar-refractivity contribution in [2.75, 3.05) is 7.11 Å². The number of allylic oxidation sites excluding steroid dienone is 1. The fourth-order valence-electron chi connectivity index (χ4n) is 0.572. The SMILES string of the molecule is C=CC(=O)c1cc(OC)no1. The van der Waals surface area contributed by atoms with Crippen LogP contribution in [0.15, 0.2) is 23.2 Å². The maximum Gasteiger partial charge on any atom is 0.254 e. The fraction of sp³-hybridized carbons (Fsp3) is 0.143. The molecule has 1 aromatic rings. The number of ether oxygens (including phenoxy) is 1. The highest BCUT2D eigenvalue weighted by atomic mass is 16.5. The lowest BCUT2D eigenvalue weighted by Crippen LogP contribution is -1.88. The summed E-state index contributed by atoms with van der Waals surface area (Å²) in [5.74, 6) is 0.118. The van der Waals surface area contributed by atoms with Crippen molar-refractivity contribution in [1.82, 2.24) is 5.16 Å². The number of carbonyl (C=O) groups is 1. The Bertz CT molecular complexity index is 277. The summed E-state index contributed by atoms with van der Waals surface area (Å²) in [6.45, 7) is 3.29. The molecule has 0 fully saturated rings. The van der Waals surface area contributed by atoms with E-state index >= 15 is 0 Å². The number of methoxy groups -OCH3 is 1. The summed E-state index contributed by atoms with van der Waals surface area (Å²) in [5, 5.41) is 3.44. The van der Waals surface area contributed by atoms with E-state index in [0.717, 1.165) is 6.08 Å². The Morgan fingerprint density at radius 2 is 2.64 bits per heavy atom.